The second kappa shape index (κ2) is 32.9. The van der Waals surface area contributed by atoms with Crippen LogP contribution in [-0.4, -0.2) is 25.2 Å². The van der Waals surface area contributed by atoms with E-state index in [1.807, 2.05) is 0 Å². The number of rotatable bonds is 31. The zero-order valence-electron chi connectivity index (χ0n) is 27.6. The first kappa shape index (κ1) is 39.4. The Morgan fingerprint density at radius 3 is 1.44 bits per heavy atom. The molecule has 0 aromatic carbocycles. The van der Waals surface area contributed by atoms with Crippen molar-refractivity contribution in [2.45, 2.75) is 193 Å². The van der Waals surface area contributed by atoms with Crippen LogP contribution in [-0.2, 0) is 19.1 Å². The highest BCUT2D eigenvalue weighted by Gasteiger charge is 2.13. The van der Waals surface area contributed by atoms with Gasteiger partial charge in [-0.3, -0.25) is 9.59 Å². The Hall–Kier alpha value is -1.58. The number of carbonyl (C=O) groups is 2. The molecule has 0 amide bonds. The lowest BCUT2D eigenvalue weighted by Crippen LogP contribution is -2.17. The van der Waals surface area contributed by atoms with Gasteiger partial charge in [0.1, 0.15) is 6.10 Å². The molecule has 0 aromatic heterocycles. The highest BCUT2D eigenvalue weighted by molar-refractivity contribution is 5.69. The number of hydrogen-bond acceptors (Lipinski definition) is 4. The minimum atomic E-state index is -0.106. The monoisotopic (exact) mass is 577 g/mol. The van der Waals surface area contributed by atoms with Crippen molar-refractivity contribution >= 4 is 11.9 Å². The lowest BCUT2D eigenvalue weighted by Gasteiger charge is -2.16. The Bertz CT molecular complexity index is 624. The molecule has 4 heteroatoms. The van der Waals surface area contributed by atoms with Gasteiger partial charge >= 0.3 is 11.9 Å². The summed E-state index contributed by atoms with van der Waals surface area (Å²) in [5.74, 6) is -0.117. The first-order valence-electron chi connectivity index (χ1n) is 17.7. The Morgan fingerprint density at radius 1 is 0.512 bits per heavy atom. The molecule has 0 aliphatic rings. The molecule has 240 valence electrons. The number of allylic oxidation sites excluding steroid dienone is 3. The van der Waals surface area contributed by atoms with Crippen molar-refractivity contribution < 1.29 is 19.1 Å². The van der Waals surface area contributed by atoms with Crippen LogP contribution in [0, 0.1) is 0 Å². The van der Waals surface area contributed by atoms with Gasteiger partial charge in [-0.15, -0.1) is 0 Å². The van der Waals surface area contributed by atoms with Crippen molar-refractivity contribution in [2.24, 2.45) is 0 Å². The van der Waals surface area contributed by atoms with Gasteiger partial charge in [-0.2, -0.15) is 0 Å². The molecule has 0 unspecified atom stereocenters. The molecule has 0 fully saturated rings. The average molecular weight is 577 g/mol. The molecular formula is C37H68O4. The van der Waals surface area contributed by atoms with E-state index in [-0.39, 0.29) is 18.0 Å². The van der Waals surface area contributed by atoms with Crippen molar-refractivity contribution in [2.75, 3.05) is 7.11 Å². The maximum Gasteiger partial charge on any atom is 0.306 e. The van der Waals surface area contributed by atoms with Crippen LogP contribution < -0.4 is 0 Å². The zero-order valence-corrected chi connectivity index (χ0v) is 27.6. The van der Waals surface area contributed by atoms with Crippen molar-refractivity contribution in [1.29, 1.82) is 0 Å². The molecule has 1 atom stereocenters. The third-order valence-electron chi connectivity index (χ3n) is 7.87. The lowest BCUT2D eigenvalue weighted by atomic mass is 10.1. The van der Waals surface area contributed by atoms with Crippen LogP contribution >= 0.6 is 0 Å². The van der Waals surface area contributed by atoms with Gasteiger partial charge in [-0.05, 0) is 64.2 Å². The molecule has 0 bridgehead atoms. The van der Waals surface area contributed by atoms with Gasteiger partial charge in [0, 0.05) is 19.3 Å². The van der Waals surface area contributed by atoms with E-state index in [2.05, 4.69) is 42.9 Å². The Balaban J connectivity index is 3.92. The van der Waals surface area contributed by atoms with E-state index >= 15 is 0 Å². The van der Waals surface area contributed by atoms with E-state index in [1.54, 1.807) is 0 Å². The molecule has 0 aromatic rings. The molecule has 0 heterocycles. The van der Waals surface area contributed by atoms with Crippen LogP contribution in [0.4, 0.5) is 0 Å². The van der Waals surface area contributed by atoms with E-state index in [9.17, 15) is 9.59 Å². The summed E-state index contributed by atoms with van der Waals surface area (Å²) in [6.07, 6.45) is 40.1. The van der Waals surface area contributed by atoms with Gasteiger partial charge in [0.15, 0.2) is 0 Å². The summed E-state index contributed by atoms with van der Waals surface area (Å²) in [5.41, 5.74) is 0. The predicted octanol–water partition coefficient (Wildman–Crippen LogP) is 11.8. The van der Waals surface area contributed by atoms with Crippen molar-refractivity contribution in [3.05, 3.63) is 24.3 Å². The molecule has 0 radical (unpaired) electrons. The van der Waals surface area contributed by atoms with Gasteiger partial charge in [-0.1, -0.05) is 128 Å². The maximum absolute atomic E-state index is 12.5. The topological polar surface area (TPSA) is 52.6 Å². The van der Waals surface area contributed by atoms with Crippen LogP contribution in [0.2, 0.25) is 0 Å². The second-order valence-corrected chi connectivity index (χ2v) is 11.9. The molecule has 0 spiro atoms. The highest BCUT2D eigenvalue weighted by Crippen LogP contribution is 2.16. The van der Waals surface area contributed by atoms with E-state index in [0.717, 1.165) is 51.4 Å². The number of methoxy groups -OCH3 is 1. The minimum absolute atomic E-state index is 0.0107. The highest BCUT2D eigenvalue weighted by atomic mass is 16.5. The van der Waals surface area contributed by atoms with Gasteiger partial charge in [0.2, 0.25) is 0 Å². The summed E-state index contributed by atoms with van der Waals surface area (Å²) in [5, 5.41) is 0. The summed E-state index contributed by atoms with van der Waals surface area (Å²) < 4.78 is 10.6. The Labute approximate surface area is 255 Å². The second-order valence-electron chi connectivity index (χ2n) is 11.9. The number of hydrogen-bond donors (Lipinski definition) is 0. The molecule has 0 aliphatic carbocycles. The lowest BCUT2D eigenvalue weighted by molar-refractivity contribution is -0.149. The van der Waals surface area contributed by atoms with Crippen molar-refractivity contribution in [3.63, 3.8) is 0 Å². The van der Waals surface area contributed by atoms with E-state index in [1.165, 1.54) is 116 Å². The summed E-state index contributed by atoms with van der Waals surface area (Å²) in [6, 6.07) is 0. The Kier molecular flexibility index (Phi) is 31.7. The zero-order chi connectivity index (χ0) is 30.1. The Morgan fingerprint density at radius 2 is 0.927 bits per heavy atom. The first-order valence-corrected chi connectivity index (χ1v) is 17.7. The predicted molar refractivity (Wildman–Crippen MR) is 176 cm³/mol. The van der Waals surface area contributed by atoms with Crippen LogP contribution in [0.3, 0.4) is 0 Å². The SMILES string of the molecule is CCCCCCCC/C=C\CCCCCCCC(=O)O[C@@H](C/C=C\CCCCCCCC(=O)OC)CCCCCC. The fraction of sp³-hybridized carbons (Fsp3) is 0.838. The summed E-state index contributed by atoms with van der Waals surface area (Å²) >= 11 is 0. The first-order chi connectivity index (χ1) is 20.1. The molecule has 41 heavy (non-hydrogen) atoms. The molecule has 0 N–H and O–H groups in total. The van der Waals surface area contributed by atoms with Crippen LogP contribution in [0.5, 0.6) is 0 Å². The van der Waals surface area contributed by atoms with Gasteiger partial charge in [-0.25, -0.2) is 0 Å². The summed E-state index contributed by atoms with van der Waals surface area (Å²) in [7, 11) is 1.45. The third-order valence-corrected chi connectivity index (χ3v) is 7.87. The fourth-order valence-corrected chi connectivity index (χ4v) is 5.14. The van der Waals surface area contributed by atoms with Gasteiger partial charge < -0.3 is 9.47 Å². The van der Waals surface area contributed by atoms with Gasteiger partial charge in [0.25, 0.3) is 0 Å². The third kappa shape index (κ3) is 31.2. The largest absolute Gasteiger partial charge is 0.469 e. The van der Waals surface area contributed by atoms with Gasteiger partial charge in [0.05, 0.1) is 7.11 Å². The van der Waals surface area contributed by atoms with E-state index < -0.39 is 0 Å². The molecule has 0 saturated carbocycles. The molecule has 4 nitrogen and oxygen atoms in total. The maximum atomic E-state index is 12.5. The molecular weight excluding hydrogens is 508 g/mol. The average Bonchev–Trinajstić information content (AvgIpc) is 2.97. The van der Waals surface area contributed by atoms with E-state index in [4.69, 9.17) is 4.74 Å². The van der Waals surface area contributed by atoms with Crippen LogP contribution in [0.25, 0.3) is 0 Å². The van der Waals surface area contributed by atoms with Crippen molar-refractivity contribution in [3.8, 4) is 0 Å². The number of esters is 2. The minimum Gasteiger partial charge on any atom is -0.469 e. The molecule has 0 saturated heterocycles. The fourth-order valence-electron chi connectivity index (χ4n) is 5.14. The van der Waals surface area contributed by atoms with E-state index in [0.29, 0.717) is 12.8 Å². The smallest absolute Gasteiger partial charge is 0.306 e. The number of carbonyl (C=O) groups excluding carboxylic acids is 2. The summed E-state index contributed by atoms with van der Waals surface area (Å²) in [6.45, 7) is 4.50. The van der Waals surface area contributed by atoms with Crippen LogP contribution in [0.1, 0.15) is 187 Å². The quantitative estimate of drug-likeness (QED) is 0.0468. The normalized spacial score (nSPS) is 12.4. The van der Waals surface area contributed by atoms with Crippen LogP contribution in [0.15, 0.2) is 24.3 Å². The number of unbranched alkanes of at least 4 members (excludes halogenated alkanes) is 19. The molecule has 0 rings (SSSR count). The molecule has 0 aliphatic heterocycles. The standard InChI is InChI=1S/C37H68O4/c1-4-6-8-10-11-12-13-14-15-16-17-18-23-26-30-34-37(39)41-35(31-27-9-7-5-2)32-28-24-21-19-20-22-25-29-33-36(38)40-3/h14-15,24,28,35H,4-13,16-23,25-27,29-34H2,1-3H3/b15-14-,28-24-/t35-/m1/s1. The number of ether oxygens (including phenoxy) is 2. The summed E-state index contributed by atoms with van der Waals surface area (Å²) in [4.78, 5) is 23.7. The van der Waals surface area contributed by atoms with Crippen molar-refractivity contribution in [1.82, 2.24) is 0 Å².